The number of unbranched alkanes of at least 4 members (excludes halogenated alkanes) is 1. The van der Waals surface area contributed by atoms with Gasteiger partial charge in [-0.25, -0.2) is 4.39 Å². The van der Waals surface area contributed by atoms with Crippen molar-refractivity contribution in [3.8, 4) is 5.75 Å². The first-order valence-electron chi connectivity index (χ1n) is 7.13. The van der Waals surface area contributed by atoms with Crippen LogP contribution in [0.1, 0.15) is 32.6 Å². The third kappa shape index (κ3) is 3.83. The molecule has 2 N–H and O–H groups in total. The largest absolute Gasteiger partial charge is 0.493 e. The fraction of sp³-hybridized carbons (Fsp3) is 0.600. The smallest absolute Gasteiger partial charge is 0.150 e. The van der Waals surface area contributed by atoms with Crippen molar-refractivity contribution in [3.63, 3.8) is 0 Å². The molecule has 2 rings (SSSR count). The van der Waals surface area contributed by atoms with Crippen LogP contribution in [0.4, 0.5) is 10.1 Å². The zero-order valence-electron chi connectivity index (χ0n) is 11.6. The summed E-state index contributed by atoms with van der Waals surface area (Å²) in [7, 11) is 0. The predicted molar refractivity (Wildman–Crippen MR) is 76.2 cm³/mol. The Balaban J connectivity index is 1.98. The van der Waals surface area contributed by atoms with Crippen molar-refractivity contribution in [3.05, 3.63) is 24.0 Å². The molecule has 0 saturated carbocycles. The number of hydrogen-bond donors (Lipinski definition) is 1. The second-order valence-electron chi connectivity index (χ2n) is 5.14. The number of benzene rings is 1. The molecule has 0 radical (unpaired) electrons. The van der Waals surface area contributed by atoms with Gasteiger partial charge >= 0.3 is 0 Å². The summed E-state index contributed by atoms with van der Waals surface area (Å²) < 4.78 is 19.6. The number of halogens is 1. The fourth-order valence-corrected chi connectivity index (χ4v) is 2.31. The lowest BCUT2D eigenvalue weighted by molar-refractivity contribution is 0.308. The number of nitrogens with zero attached hydrogens (tertiary/aromatic N) is 1. The van der Waals surface area contributed by atoms with E-state index in [1.54, 1.807) is 0 Å². The highest BCUT2D eigenvalue weighted by Crippen LogP contribution is 2.26. The van der Waals surface area contributed by atoms with Crippen molar-refractivity contribution in [1.29, 1.82) is 0 Å². The average molecular weight is 266 g/mol. The molecular weight excluding hydrogens is 243 g/mol. The molecule has 1 aromatic rings. The quantitative estimate of drug-likeness (QED) is 0.833. The molecule has 0 bridgehead atoms. The van der Waals surface area contributed by atoms with E-state index >= 15 is 0 Å². The van der Waals surface area contributed by atoms with Crippen molar-refractivity contribution in [2.75, 3.05) is 24.6 Å². The Morgan fingerprint density at radius 1 is 1.37 bits per heavy atom. The molecule has 4 heteroatoms. The van der Waals surface area contributed by atoms with Crippen LogP contribution in [0.25, 0.3) is 0 Å². The van der Waals surface area contributed by atoms with E-state index in [1.165, 1.54) is 6.07 Å². The molecule has 1 aliphatic rings. The lowest BCUT2D eigenvalue weighted by Crippen LogP contribution is -2.40. The van der Waals surface area contributed by atoms with E-state index in [4.69, 9.17) is 10.5 Å². The summed E-state index contributed by atoms with van der Waals surface area (Å²) in [6, 6.07) is 5.41. The lowest BCUT2D eigenvalue weighted by atomic mass is 10.1. The molecule has 0 unspecified atom stereocenters. The van der Waals surface area contributed by atoms with Crippen molar-refractivity contribution < 1.29 is 9.13 Å². The molecule has 0 spiro atoms. The van der Waals surface area contributed by atoms with Crippen LogP contribution in [0.2, 0.25) is 0 Å². The fourth-order valence-electron chi connectivity index (χ4n) is 2.31. The van der Waals surface area contributed by atoms with Gasteiger partial charge in [0.25, 0.3) is 0 Å². The van der Waals surface area contributed by atoms with Crippen molar-refractivity contribution in [2.24, 2.45) is 5.73 Å². The second kappa shape index (κ2) is 6.75. The number of anilines is 1. The summed E-state index contributed by atoms with van der Waals surface area (Å²) in [4.78, 5) is 2.06. The second-order valence-corrected chi connectivity index (χ2v) is 5.14. The third-order valence-corrected chi connectivity index (χ3v) is 3.57. The molecule has 1 saturated heterocycles. The van der Waals surface area contributed by atoms with E-state index in [2.05, 4.69) is 11.8 Å². The first-order chi connectivity index (χ1) is 9.20. The van der Waals surface area contributed by atoms with E-state index in [0.29, 0.717) is 18.0 Å². The van der Waals surface area contributed by atoms with Gasteiger partial charge in [-0.15, -0.1) is 0 Å². The van der Waals surface area contributed by atoms with Gasteiger partial charge < -0.3 is 15.4 Å². The first-order valence-corrected chi connectivity index (χ1v) is 7.13. The van der Waals surface area contributed by atoms with Gasteiger partial charge in [0.05, 0.1) is 12.3 Å². The summed E-state index contributed by atoms with van der Waals surface area (Å²) in [5, 5.41) is 0. The average Bonchev–Trinajstić information content (AvgIpc) is 2.41. The van der Waals surface area contributed by atoms with Crippen molar-refractivity contribution in [1.82, 2.24) is 0 Å². The maximum Gasteiger partial charge on any atom is 0.150 e. The first kappa shape index (κ1) is 14.1. The molecular formula is C15H23FN2O. The Bertz CT molecular complexity index is 403. The van der Waals surface area contributed by atoms with Crippen molar-refractivity contribution in [2.45, 2.75) is 38.6 Å². The van der Waals surface area contributed by atoms with Gasteiger partial charge in [-0.2, -0.15) is 0 Å². The summed E-state index contributed by atoms with van der Waals surface area (Å²) in [6.45, 7) is 4.41. The minimum Gasteiger partial charge on any atom is -0.493 e. The number of piperidine rings is 1. The highest BCUT2D eigenvalue weighted by molar-refractivity contribution is 5.51. The molecule has 1 aliphatic heterocycles. The van der Waals surface area contributed by atoms with E-state index in [1.807, 2.05) is 12.1 Å². The summed E-state index contributed by atoms with van der Waals surface area (Å²) in [5.41, 5.74) is 6.53. The molecule has 1 fully saturated rings. The van der Waals surface area contributed by atoms with Gasteiger partial charge in [0, 0.05) is 25.2 Å². The van der Waals surface area contributed by atoms with Crippen LogP contribution in [0.15, 0.2) is 18.2 Å². The number of nitrogens with two attached hydrogens (primary N) is 1. The highest BCUT2D eigenvalue weighted by Gasteiger charge is 2.19. The predicted octanol–water partition coefficient (Wildman–Crippen LogP) is 2.93. The SMILES string of the molecule is CCCCOc1ccc(N2CCC(N)CC2)c(F)c1. The zero-order valence-corrected chi connectivity index (χ0v) is 11.6. The Morgan fingerprint density at radius 3 is 2.74 bits per heavy atom. The summed E-state index contributed by atoms with van der Waals surface area (Å²) in [6.07, 6.45) is 3.92. The molecule has 0 amide bonds. The number of rotatable bonds is 5. The highest BCUT2D eigenvalue weighted by atomic mass is 19.1. The number of ether oxygens (including phenoxy) is 1. The molecule has 3 nitrogen and oxygen atoms in total. The van der Waals surface area contributed by atoms with Gasteiger partial charge in [0.2, 0.25) is 0 Å². The lowest BCUT2D eigenvalue weighted by Gasteiger charge is -2.32. The van der Waals surface area contributed by atoms with Crippen LogP contribution in [0.5, 0.6) is 5.75 Å². The minimum absolute atomic E-state index is 0.204. The maximum atomic E-state index is 14.1. The van der Waals surface area contributed by atoms with Gasteiger partial charge in [-0.1, -0.05) is 13.3 Å². The Morgan fingerprint density at radius 2 is 2.11 bits per heavy atom. The van der Waals surface area contributed by atoms with Crippen molar-refractivity contribution >= 4 is 5.69 Å². The van der Waals surface area contributed by atoms with E-state index in [0.717, 1.165) is 38.8 Å². The molecule has 1 heterocycles. The molecule has 1 aromatic carbocycles. The van der Waals surface area contributed by atoms with E-state index in [-0.39, 0.29) is 11.9 Å². The molecule has 0 aliphatic carbocycles. The van der Waals surface area contributed by atoms with Gasteiger partial charge in [-0.3, -0.25) is 0 Å². The van der Waals surface area contributed by atoms with Crippen LogP contribution < -0.4 is 15.4 Å². The Hall–Kier alpha value is -1.29. The Kier molecular flexibility index (Phi) is 5.02. The van der Waals surface area contributed by atoms with E-state index in [9.17, 15) is 4.39 Å². The summed E-state index contributed by atoms with van der Waals surface area (Å²) in [5.74, 6) is 0.410. The van der Waals surface area contributed by atoms with Gasteiger partial charge in [0.1, 0.15) is 11.6 Å². The molecule has 106 valence electrons. The molecule has 0 atom stereocenters. The molecule has 19 heavy (non-hydrogen) atoms. The number of hydrogen-bond acceptors (Lipinski definition) is 3. The van der Waals surface area contributed by atoms with Crippen LogP contribution in [0, 0.1) is 5.82 Å². The van der Waals surface area contributed by atoms with Crippen LogP contribution >= 0.6 is 0 Å². The summed E-state index contributed by atoms with van der Waals surface area (Å²) >= 11 is 0. The standard InChI is InChI=1S/C15H23FN2O/c1-2-3-10-19-13-4-5-15(14(16)11-13)18-8-6-12(17)7-9-18/h4-5,11-12H,2-3,6-10,17H2,1H3. The maximum absolute atomic E-state index is 14.1. The van der Waals surface area contributed by atoms with E-state index < -0.39 is 0 Å². The van der Waals surface area contributed by atoms with Gasteiger partial charge in [0.15, 0.2) is 0 Å². The van der Waals surface area contributed by atoms with Gasteiger partial charge in [-0.05, 0) is 31.4 Å². The monoisotopic (exact) mass is 266 g/mol. The van der Waals surface area contributed by atoms with Crippen LogP contribution in [0.3, 0.4) is 0 Å². The molecule has 0 aromatic heterocycles. The van der Waals surface area contributed by atoms with Crippen LogP contribution in [-0.2, 0) is 0 Å². The minimum atomic E-state index is -0.204. The third-order valence-electron chi connectivity index (χ3n) is 3.57. The Labute approximate surface area is 114 Å². The van der Waals surface area contributed by atoms with Crippen LogP contribution in [-0.4, -0.2) is 25.7 Å². The normalized spacial score (nSPS) is 16.7. The topological polar surface area (TPSA) is 38.5 Å². The zero-order chi connectivity index (χ0) is 13.7.